The van der Waals surface area contributed by atoms with Crippen LogP contribution in [0.1, 0.15) is 41.0 Å². The van der Waals surface area contributed by atoms with Gasteiger partial charge in [0.15, 0.2) is 0 Å². The molecule has 0 aliphatic rings. The molecule has 0 fully saturated rings. The van der Waals surface area contributed by atoms with Crippen LogP contribution in [0.15, 0.2) is 0 Å². The van der Waals surface area contributed by atoms with Crippen LogP contribution in [0, 0.1) is 17.8 Å². The number of aliphatic hydroxyl groups is 1. The molecule has 0 amide bonds. The van der Waals surface area contributed by atoms with Crippen molar-refractivity contribution in [2.75, 3.05) is 6.61 Å². The Bertz CT molecular complexity index is 175. The van der Waals surface area contributed by atoms with Crippen LogP contribution in [0.4, 0.5) is 0 Å². The fraction of sp³-hybridized carbons (Fsp3) is 0.917. The zero-order valence-electron chi connectivity index (χ0n) is 10.5. The molecule has 1 atom stereocenters. The van der Waals surface area contributed by atoms with E-state index in [1.54, 1.807) is 0 Å². The molecule has 0 rings (SSSR count). The number of hydrogen-bond donors (Lipinski definition) is 1. The summed E-state index contributed by atoms with van der Waals surface area (Å²) in [5.41, 5.74) is 0. The van der Waals surface area contributed by atoms with Crippen molar-refractivity contribution < 1.29 is 14.6 Å². The summed E-state index contributed by atoms with van der Waals surface area (Å²) in [5, 5.41) is 8.96. The van der Waals surface area contributed by atoms with Gasteiger partial charge in [0.05, 0.1) is 12.5 Å². The Kier molecular flexibility index (Phi) is 6.57. The molecular weight excluding hydrogens is 192 g/mol. The van der Waals surface area contributed by atoms with E-state index in [9.17, 15) is 4.79 Å². The van der Waals surface area contributed by atoms with Gasteiger partial charge in [-0.1, -0.05) is 34.6 Å². The number of carbonyl (C=O) groups is 1. The lowest BCUT2D eigenvalue weighted by atomic mass is 9.86. The third-order valence-corrected chi connectivity index (χ3v) is 2.65. The van der Waals surface area contributed by atoms with E-state index in [1.165, 1.54) is 0 Å². The van der Waals surface area contributed by atoms with Gasteiger partial charge in [0.1, 0.15) is 6.10 Å². The summed E-state index contributed by atoms with van der Waals surface area (Å²) in [6, 6.07) is 0. The Labute approximate surface area is 92.8 Å². The Balaban J connectivity index is 4.38. The third kappa shape index (κ3) is 4.65. The van der Waals surface area contributed by atoms with Crippen molar-refractivity contribution in [2.24, 2.45) is 17.8 Å². The largest absolute Gasteiger partial charge is 0.460 e. The molecule has 0 aliphatic heterocycles. The number of esters is 1. The van der Waals surface area contributed by atoms with Gasteiger partial charge in [-0.2, -0.15) is 0 Å². The summed E-state index contributed by atoms with van der Waals surface area (Å²) < 4.78 is 5.24. The van der Waals surface area contributed by atoms with Gasteiger partial charge >= 0.3 is 5.97 Å². The summed E-state index contributed by atoms with van der Waals surface area (Å²) in [6.07, 6.45) is 0.308. The van der Waals surface area contributed by atoms with E-state index in [-0.39, 0.29) is 36.4 Å². The highest BCUT2D eigenvalue weighted by Gasteiger charge is 2.28. The van der Waals surface area contributed by atoms with Crippen LogP contribution < -0.4 is 0 Å². The van der Waals surface area contributed by atoms with Crippen LogP contribution >= 0.6 is 0 Å². The monoisotopic (exact) mass is 216 g/mol. The van der Waals surface area contributed by atoms with Crippen molar-refractivity contribution in [3.8, 4) is 0 Å². The molecule has 1 N–H and O–H groups in total. The topological polar surface area (TPSA) is 46.5 Å². The van der Waals surface area contributed by atoms with Gasteiger partial charge in [0, 0.05) is 0 Å². The van der Waals surface area contributed by atoms with Crippen LogP contribution in [0.5, 0.6) is 0 Å². The van der Waals surface area contributed by atoms with Crippen molar-refractivity contribution in [1.82, 2.24) is 0 Å². The quantitative estimate of drug-likeness (QED) is 0.692. The molecule has 90 valence electrons. The van der Waals surface area contributed by atoms with E-state index in [0.717, 1.165) is 0 Å². The first-order chi connectivity index (χ1) is 6.93. The van der Waals surface area contributed by atoms with Crippen molar-refractivity contribution in [3.05, 3.63) is 0 Å². The van der Waals surface area contributed by atoms with Gasteiger partial charge in [-0.3, -0.25) is 4.79 Å². The van der Waals surface area contributed by atoms with Crippen LogP contribution in [-0.2, 0) is 9.53 Å². The van der Waals surface area contributed by atoms with E-state index in [4.69, 9.17) is 9.84 Å². The second-order valence-corrected chi connectivity index (χ2v) is 4.66. The average Bonchev–Trinajstić information content (AvgIpc) is 2.12. The molecule has 0 spiro atoms. The first-order valence-electron chi connectivity index (χ1n) is 5.75. The normalized spacial score (nSPS) is 13.7. The molecule has 0 aliphatic carbocycles. The van der Waals surface area contributed by atoms with E-state index < -0.39 is 0 Å². The SMILES string of the molecule is CCC(CO)OC(=O)C(C(C)C)C(C)C. The molecule has 0 bridgehead atoms. The minimum Gasteiger partial charge on any atom is -0.460 e. The number of rotatable bonds is 6. The molecule has 3 nitrogen and oxygen atoms in total. The minimum atomic E-state index is -0.350. The van der Waals surface area contributed by atoms with Crippen molar-refractivity contribution in [3.63, 3.8) is 0 Å². The van der Waals surface area contributed by atoms with E-state index in [1.807, 2.05) is 34.6 Å². The molecule has 0 aromatic rings. The zero-order chi connectivity index (χ0) is 12.0. The van der Waals surface area contributed by atoms with Gasteiger partial charge in [-0.15, -0.1) is 0 Å². The van der Waals surface area contributed by atoms with Gasteiger partial charge in [-0.25, -0.2) is 0 Å². The molecule has 15 heavy (non-hydrogen) atoms. The summed E-state index contributed by atoms with van der Waals surface area (Å²) in [6.45, 7) is 9.88. The highest BCUT2D eigenvalue weighted by molar-refractivity contribution is 5.73. The highest BCUT2D eigenvalue weighted by atomic mass is 16.6. The smallest absolute Gasteiger partial charge is 0.309 e. The zero-order valence-corrected chi connectivity index (χ0v) is 10.5. The molecule has 3 heteroatoms. The highest BCUT2D eigenvalue weighted by Crippen LogP contribution is 2.22. The third-order valence-electron chi connectivity index (χ3n) is 2.65. The van der Waals surface area contributed by atoms with Gasteiger partial charge in [0.2, 0.25) is 0 Å². The molecule has 1 unspecified atom stereocenters. The summed E-state index contributed by atoms with van der Waals surface area (Å²) in [7, 11) is 0. The Morgan fingerprint density at radius 1 is 1.20 bits per heavy atom. The van der Waals surface area contributed by atoms with Crippen molar-refractivity contribution in [2.45, 2.75) is 47.1 Å². The van der Waals surface area contributed by atoms with Crippen molar-refractivity contribution in [1.29, 1.82) is 0 Å². The molecule has 0 saturated carbocycles. The standard InChI is InChI=1S/C12H24O3/c1-6-10(7-13)15-12(14)11(8(2)3)9(4)5/h8-11,13H,6-7H2,1-5H3. The van der Waals surface area contributed by atoms with Gasteiger partial charge < -0.3 is 9.84 Å². The Morgan fingerprint density at radius 2 is 1.67 bits per heavy atom. The Morgan fingerprint density at radius 3 is 1.93 bits per heavy atom. The lowest BCUT2D eigenvalue weighted by molar-refractivity contribution is -0.159. The van der Waals surface area contributed by atoms with Crippen LogP contribution in [-0.4, -0.2) is 23.8 Å². The van der Waals surface area contributed by atoms with E-state index in [0.29, 0.717) is 6.42 Å². The fourth-order valence-electron chi connectivity index (χ4n) is 1.81. The second-order valence-electron chi connectivity index (χ2n) is 4.66. The van der Waals surface area contributed by atoms with Crippen molar-refractivity contribution >= 4 is 5.97 Å². The maximum absolute atomic E-state index is 11.8. The van der Waals surface area contributed by atoms with E-state index >= 15 is 0 Å². The fourth-order valence-corrected chi connectivity index (χ4v) is 1.81. The van der Waals surface area contributed by atoms with E-state index in [2.05, 4.69) is 0 Å². The van der Waals surface area contributed by atoms with Crippen LogP contribution in [0.3, 0.4) is 0 Å². The molecule has 0 saturated heterocycles. The predicted molar refractivity (Wildman–Crippen MR) is 60.4 cm³/mol. The maximum atomic E-state index is 11.8. The van der Waals surface area contributed by atoms with Crippen LogP contribution in [0.2, 0.25) is 0 Å². The summed E-state index contributed by atoms with van der Waals surface area (Å²) >= 11 is 0. The number of aliphatic hydroxyl groups excluding tert-OH is 1. The number of hydrogen-bond acceptors (Lipinski definition) is 3. The lowest BCUT2D eigenvalue weighted by Gasteiger charge is -2.25. The molecule has 0 aromatic heterocycles. The first-order valence-corrected chi connectivity index (χ1v) is 5.75. The lowest BCUT2D eigenvalue weighted by Crippen LogP contribution is -2.32. The minimum absolute atomic E-state index is 0.0781. The van der Waals surface area contributed by atoms with Gasteiger partial charge in [0.25, 0.3) is 0 Å². The first kappa shape index (κ1) is 14.4. The Hall–Kier alpha value is -0.570. The van der Waals surface area contributed by atoms with Crippen LogP contribution in [0.25, 0.3) is 0 Å². The summed E-state index contributed by atoms with van der Waals surface area (Å²) in [4.78, 5) is 11.8. The molecule has 0 aromatic carbocycles. The predicted octanol–water partition coefficient (Wildman–Crippen LogP) is 2.23. The molecule has 0 radical (unpaired) electrons. The second kappa shape index (κ2) is 6.83. The van der Waals surface area contributed by atoms with Gasteiger partial charge in [-0.05, 0) is 18.3 Å². The average molecular weight is 216 g/mol. The maximum Gasteiger partial charge on any atom is 0.309 e. The molecular formula is C12H24O3. The summed E-state index contributed by atoms with van der Waals surface area (Å²) in [5.74, 6) is 0.286. The number of ether oxygens (including phenoxy) is 1. The number of carbonyl (C=O) groups excluding carboxylic acids is 1. The molecule has 0 heterocycles.